The molecule has 0 radical (unpaired) electrons. The molecule has 0 fully saturated rings. The van der Waals surface area contributed by atoms with Crippen molar-refractivity contribution in [2.75, 3.05) is 17.7 Å². The average Bonchev–Trinajstić information content (AvgIpc) is 2.80. The van der Waals surface area contributed by atoms with Crippen molar-refractivity contribution in [1.82, 2.24) is 14.5 Å². The highest BCUT2D eigenvalue weighted by molar-refractivity contribution is 7.99. The molecule has 0 aliphatic heterocycles. The number of carbonyl (C=O) groups is 1. The van der Waals surface area contributed by atoms with Gasteiger partial charge in [0.15, 0.2) is 5.16 Å². The fourth-order valence-electron chi connectivity index (χ4n) is 1.70. The van der Waals surface area contributed by atoms with Crippen LogP contribution in [0.3, 0.4) is 0 Å². The highest BCUT2D eigenvalue weighted by atomic mass is 32.2. The summed E-state index contributed by atoms with van der Waals surface area (Å²) in [4.78, 5) is 22.3. The Balaban J connectivity index is 2.25. The molecule has 100 valence electrons. The molecular weight excluding hydrogens is 260 g/mol. The largest absolute Gasteiger partial charge is 0.318 e. The summed E-state index contributed by atoms with van der Waals surface area (Å²) in [6.07, 6.45) is 4.96. The summed E-state index contributed by atoms with van der Waals surface area (Å²) in [5, 5.41) is 0.852. The van der Waals surface area contributed by atoms with Crippen LogP contribution < -0.4 is 4.90 Å². The van der Waals surface area contributed by atoms with Gasteiger partial charge >= 0.3 is 0 Å². The van der Waals surface area contributed by atoms with Gasteiger partial charge in [0.25, 0.3) is 5.91 Å². The summed E-state index contributed by atoms with van der Waals surface area (Å²) >= 11 is 1.62. The van der Waals surface area contributed by atoms with Crippen LogP contribution >= 0.6 is 11.8 Å². The minimum atomic E-state index is -0.0917. The molecule has 0 saturated carbocycles. The number of hydrogen-bond donors (Lipinski definition) is 0. The van der Waals surface area contributed by atoms with Crippen LogP contribution in [0.15, 0.2) is 35.9 Å². The molecule has 2 heterocycles. The summed E-state index contributed by atoms with van der Waals surface area (Å²) in [6, 6.07) is 3.66. The van der Waals surface area contributed by atoms with Gasteiger partial charge in [-0.3, -0.25) is 9.78 Å². The van der Waals surface area contributed by atoms with E-state index in [1.165, 1.54) is 0 Å². The Kier molecular flexibility index (Phi) is 4.21. The highest BCUT2D eigenvalue weighted by Crippen LogP contribution is 2.19. The number of anilines is 1. The maximum atomic E-state index is 12.4. The number of amides is 1. The standard InChI is InChI=1S/C13H16N4OS/c1-4-19-13-15-9-11(17(13)3)12(18)16(2)10-6-5-7-14-8-10/h5-9H,4H2,1-3H3. The summed E-state index contributed by atoms with van der Waals surface area (Å²) < 4.78 is 1.82. The Labute approximate surface area is 116 Å². The van der Waals surface area contributed by atoms with Crippen molar-refractivity contribution < 1.29 is 4.79 Å². The van der Waals surface area contributed by atoms with E-state index in [1.807, 2.05) is 17.7 Å². The lowest BCUT2D eigenvalue weighted by molar-refractivity contribution is 0.0984. The summed E-state index contributed by atoms with van der Waals surface area (Å²) in [6.45, 7) is 2.06. The van der Waals surface area contributed by atoms with E-state index in [4.69, 9.17) is 0 Å². The molecule has 0 atom stereocenters. The van der Waals surface area contributed by atoms with Gasteiger partial charge in [-0.05, 0) is 17.9 Å². The van der Waals surface area contributed by atoms with Gasteiger partial charge in [0.2, 0.25) is 0 Å². The number of rotatable bonds is 4. The van der Waals surface area contributed by atoms with E-state index < -0.39 is 0 Å². The predicted molar refractivity (Wildman–Crippen MR) is 76.6 cm³/mol. The van der Waals surface area contributed by atoms with E-state index >= 15 is 0 Å². The molecule has 0 aliphatic rings. The number of pyridine rings is 1. The van der Waals surface area contributed by atoms with Crippen molar-refractivity contribution in [1.29, 1.82) is 0 Å². The second kappa shape index (κ2) is 5.88. The first-order valence-electron chi connectivity index (χ1n) is 5.97. The van der Waals surface area contributed by atoms with Crippen molar-refractivity contribution in [3.8, 4) is 0 Å². The van der Waals surface area contributed by atoms with Crippen molar-refractivity contribution in [3.63, 3.8) is 0 Å². The van der Waals surface area contributed by atoms with E-state index in [9.17, 15) is 4.79 Å². The zero-order valence-corrected chi connectivity index (χ0v) is 12.0. The lowest BCUT2D eigenvalue weighted by Crippen LogP contribution is -2.28. The van der Waals surface area contributed by atoms with Crippen LogP contribution in [0.1, 0.15) is 17.4 Å². The van der Waals surface area contributed by atoms with Crippen molar-refractivity contribution >= 4 is 23.4 Å². The lowest BCUT2D eigenvalue weighted by Gasteiger charge is -2.16. The van der Waals surface area contributed by atoms with Gasteiger partial charge in [-0.1, -0.05) is 18.7 Å². The second-order valence-electron chi connectivity index (χ2n) is 3.99. The third-order valence-corrected chi connectivity index (χ3v) is 3.70. The first-order valence-corrected chi connectivity index (χ1v) is 6.96. The van der Waals surface area contributed by atoms with Gasteiger partial charge in [0.1, 0.15) is 5.69 Å². The van der Waals surface area contributed by atoms with Gasteiger partial charge < -0.3 is 9.47 Å². The summed E-state index contributed by atoms with van der Waals surface area (Å²) in [7, 11) is 3.59. The number of carbonyl (C=O) groups excluding carboxylic acids is 1. The van der Waals surface area contributed by atoms with Crippen molar-refractivity contribution in [3.05, 3.63) is 36.4 Å². The monoisotopic (exact) mass is 276 g/mol. The number of nitrogens with zero attached hydrogens (tertiary/aromatic N) is 4. The molecule has 2 aromatic heterocycles. The molecular formula is C13H16N4OS. The quantitative estimate of drug-likeness (QED) is 0.803. The lowest BCUT2D eigenvalue weighted by atomic mass is 10.3. The first kappa shape index (κ1) is 13.6. The number of imidazole rings is 1. The minimum Gasteiger partial charge on any atom is -0.318 e. The molecule has 0 saturated heterocycles. The Hall–Kier alpha value is -1.82. The Morgan fingerprint density at radius 2 is 2.26 bits per heavy atom. The predicted octanol–water partition coefficient (Wildman–Crippen LogP) is 2.20. The molecule has 5 nitrogen and oxygen atoms in total. The van der Waals surface area contributed by atoms with Crippen LogP contribution in [0.5, 0.6) is 0 Å². The SMILES string of the molecule is CCSc1ncc(C(=O)N(C)c2cccnc2)n1C. The third kappa shape index (κ3) is 2.78. The maximum Gasteiger partial charge on any atom is 0.276 e. The number of hydrogen-bond acceptors (Lipinski definition) is 4. The Bertz CT molecular complexity index is 567. The zero-order chi connectivity index (χ0) is 13.8. The van der Waals surface area contributed by atoms with Gasteiger partial charge in [-0.15, -0.1) is 0 Å². The number of thioether (sulfide) groups is 1. The molecule has 2 rings (SSSR count). The smallest absolute Gasteiger partial charge is 0.276 e. The Morgan fingerprint density at radius 3 is 2.89 bits per heavy atom. The van der Waals surface area contributed by atoms with E-state index in [-0.39, 0.29) is 5.91 Å². The van der Waals surface area contributed by atoms with Gasteiger partial charge in [-0.25, -0.2) is 4.98 Å². The normalized spacial score (nSPS) is 10.5. The Morgan fingerprint density at radius 1 is 1.47 bits per heavy atom. The van der Waals surface area contributed by atoms with Gasteiger partial charge in [0, 0.05) is 20.3 Å². The van der Waals surface area contributed by atoms with Crippen LogP contribution in [0.2, 0.25) is 0 Å². The topological polar surface area (TPSA) is 51.0 Å². The van der Waals surface area contributed by atoms with Crippen LogP contribution in [-0.2, 0) is 7.05 Å². The molecule has 19 heavy (non-hydrogen) atoms. The molecule has 6 heteroatoms. The highest BCUT2D eigenvalue weighted by Gasteiger charge is 2.18. The minimum absolute atomic E-state index is 0.0917. The van der Waals surface area contributed by atoms with E-state index in [0.717, 1.165) is 16.6 Å². The molecule has 0 aliphatic carbocycles. The van der Waals surface area contributed by atoms with E-state index in [0.29, 0.717) is 5.69 Å². The van der Waals surface area contributed by atoms with E-state index in [2.05, 4.69) is 16.9 Å². The first-order chi connectivity index (χ1) is 9.15. The second-order valence-corrected chi connectivity index (χ2v) is 5.22. The van der Waals surface area contributed by atoms with Crippen LogP contribution in [0.25, 0.3) is 0 Å². The molecule has 0 aromatic carbocycles. The molecule has 0 spiro atoms. The fourth-order valence-corrected chi connectivity index (χ4v) is 2.37. The molecule has 1 amide bonds. The van der Waals surface area contributed by atoms with Crippen LogP contribution in [0.4, 0.5) is 5.69 Å². The van der Waals surface area contributed by atoms with Crippen molar-refractivity contribution in [2.24, 2.45) is 7.05 Å². The maximum absolute atomic E-state index is 12.4. The van der Waals surface area contributed by atoms with E-state index in [1.54, 1.807) is 48.4 Å². The summed E-state index contributed by atoms with van der Waals surface area (Å²) in [5.41, 5.74) is 1.33. The molecule has 2 aromatic rings. The van der Waals surface area contributed by atoms with Crippen LogP contribution in [-0.4, -0.2) is 33.2 Å². The summed E-state index contributed by atoms with van der Waals surface area (Å²) in [5.74, 6) is 0.836. The van der Waals surface area contributed by atoms with Gasteiger partial charge in [-0.2, -0.15) is 0 Å². The fraction of sp³-hybridized carbons (Fsp3) is 0.308. The van der Waals surface area contributed by atoms with Crippen molar-refractivity contribution in [2.45, 2.75) is 12.1 Å². The average molecular weight is 276 g/mol. The molecule has 0 unspecified atom stereocenters. The molecule has 0 N–H and O–H groups in total. The third-order valence-electron chi connectivity index (χ3n) is 2.78. The molecule has 0 bridgehead atoms. The van der Waals surface area contributed by atoms with Gasteiger partial charge in [0.05, 0.1) is 18.1 Å². The number of aromatic nitrogens is 3. The van der Waals surface area contributed by atoms with Crippen LogP contribution in [0, 0.1) is 0 Å². The zero-order valence-electron chi connectivity index (χ0n) is 11.2.